The lowest BCUT2D eigenvalue weighted by Crippen LogP contribution is -2.36. The van der Waals surface area contributed by atoms with Crippen LogP contribution in [0.1, 0.15) is 32.6 Å². The minimum absolute atomic E-state index is 0.283. The van der Waals surface area contributed by atoms with Gasteiger partial charge < -0.3 is 5.11 Å². The predicted molar refractivity (Wildman–Crippen MR) is 69.4 cm³/mol. The van der Waals surface area contributed by atoms with Gasteiger partial charge in [0.25, 0.3) is 0 Å². The molecule has 0 aliphatic carbocycles. The van der Waals surface area contributed by atoms with Crippen LogP contribution < -0.4 is 0 Å². The van der Waals surface area contributed by atoms with E-state index in [0.717, 1.165) is 19.6 Å². The summed E-state index contributed by atoms with van der Waals surface area (Å²) in [6.07, 6.45) is 9.24. The fourth-order valence-electron chi connectivity index (χ4n) is 2.31. The van der Waals surface area contributed by atoms with E-state index in [2.05, 4.69) is 24.5 Å². The van der Waals surface area contributed by atoms with Crippen LogP contribution in [-0.4, -0.2) is 36.2 Å². The van der Waals surface area contributed by atoms with Gasteiger partial charge in [-0.3, -0.25) is 4.90 Å². The van der Waals surface area contributed by atoms with E-state index in [1.54, 1.807) is 0 Å². The van der Waals surface area contributed by atoms with Crippen molar-refractivity contribution in [1.82, 2.24) is 4.90 Å². The van der Waals surface area contributed by atoms with E-state index in [1.807, 2.05) is 6.08 Å². The van der Waals surface area contributed by atoms with Gasteiger partial charge in [-0.15, -0.1) is 6.58 Å². The van der Waals surface area contributed by atoms with Crippen molar-refractivity contribution in [3.63, 3.8) is 0 Å². The molecule has 0 saturated heterocycles. The molecule has 1 N–H and O–H groups in total. The highest BCUT2D eigenvalue weighted by molar-refractivity contribution is 5.12. The maximum atomic E-state index is 9.41. The highest BCUT2D eigenvalue weighted by Crippen LogP contribution is 2.23. The maximum Gasteiger partial charge on any atom is 0.0508 e. The number of aliphatic hydroxyl groups excluding tert-OH is 1. The van der Waals surface area contributed by atoms with Crippen LogP contribution in [-0.2, 0) is 0 Å². The Bertz CT molecular complexity index is 235. The highest BCUT2D eigenvalue weighted by atomic mass is 16.3. The van der Waals surface area contributed by atoms with E-state index in [-0.39, 0.29) is 6.61 Å². The number of nitrogens with zero attached hydrogens (tertiary/aromatic N) is 1. The second-order valence-corrected chi connectivity index (χ2v) is 4.62. The summed E-state index contributed by atoms with van der Waals surface area (Å²) in [6, 6.07) is 0. The number of rotatable bonds is 7. The van der Waals surface area contributed by atoms with Crippen molar-refractivity contribution in [2.24, 2.45) is 5.92 Å². The van der Waals surface area contributed by atoms with Crippen LogP contribution in [0.3, 0.4) is 0 Å². The van der Waals surface area contributed by atoms with Crippen LogP contribution in [0.4, 0.5) is 0 Å². The van der Waals surface area contributed by atoms with Gasteiger partial charge in [0.15, 0.2) is 0 Å². The van der Waals surface area contributed by atoms with Crippen LogP contribution in [0.2, 0.25) is 0 Å². The molecule has 0 bridgehead atoms. The molecule has 92 valence electrons. The highest BCUT2D eigenvalue weighted by Gasteiger charge is 2.20. The van der Waals surface area contributed by atoms with Gasteiger partial charge in [0.05, 0.1) is 6.61 Å². The van der Waals surface area contributed by atoms with E-state index < -0.39 is 0 Å². The van der Waals surface area contributed by atoms with E-state index in [1.165, 1.54) is 31.3 Å². The van der Waals surface area contributed by atoms with Gasteiger partial charge in [-0.1, -0.05) is 37.5 Å². The van der Waals surface area contributed by atoms with Gasteiger partial charge in [-0.05, 0) is 12.8 Å². The normalized spacial score (nSPS) is 21.9. The molecule has 0 saturated carbocycles. The monoisotopic (exact) mass is 223 g/mol. The first-order valence-electron chi connectivity index (χ1n) is 6.44. The largest absolute Gasteiger partial charge is 0.396 e. The molecule has 2 heteroatoms. The molecule has 0 aromatic rings. The minimum Gasteiger partial charge on any atom is -0.396 e. The summed E-state index contributed by atoms with van der Waals surface area (Å²) in [6.45, 7) is 9.20. The van der Waals surface area contributed by atoms with Crippen molar-refractivity contribution in [2.75, 3.05) is 26.2 Å². The first-order valence-corrected chi connectivity index (χ1v) is 6.44. The Hall–Kier alpha value is -0.600. The van der Waals surface area contributed by atoms with Crippen LogP contribution in [0.25, 0.3) is 0 Å². The van der Waals surface area contributed by atoms with Gasteiger partial charge in [0.1, 0.15) is 0 Å². The molecule has 16 heavy (non-hydrogen) atoms. The standard InChI is InChI=1S/C14H25NO/c1-3-5-6-7-13-8-10-15(9-4-2)11-14(13)12-16/h4,8,14,16H,2-3,5-7,9-12H2,1H3. The van der Waals surface area contributed by atoms with Crippen LogP contribution in [0.5, 0.6) is 0 Å². The number of hydrogen-bond acceptors (Lipinski definition) is 2. The van der Waals surface area contributed by atoms with Crippen molar-refractivity contribution in [3.8, 4) is 0 Å². The topological polar surface area (TPSA) is 23.5 Å². The Morgan fingerprint density at radius 1 is 1.56 bits per heavy atom. The molecule has 1 rings (SSSR count). The molecule has 0 radical (unpaired) electrons. The van der Waals surface area contributed by atoms with E-state index in [4.69, 9.17) is 0 Å². The van der Waals surface area contributed by atoms with Crippen molar-refractivity contribution < 1.29 is 5.11 Å². The molecule has 0 fully saturated rings. The molecule has 1 heterocycles. The number of unbranched alkanes of at least 4 members (excludes halogenated alkanes) is 2. The average Bonchev–Trinajstić information content (AvgIpc) is 2.31. The molecule has 0 aromatic heterocycles. The zero-order valence-corrected chi connectivity index (χ0v) is 10.5. The molecule has 0 amide bonds. The second-order valence-electron chi connectivity index (χ2n) is 4.62. The van der Waals surface area contributed by atoms with E-state index in [0.29, 0.717) is 5.92 Å². The summed E-state index contributed by atoms with van der Waals surface area (Å²) in [4.78, 5) is 2.33. The summed E-state index contributed by atoms with van der Waals surface area (Å²) >= 11 is 0. The molecule has 0 spiro atoms. The average molecular weight is 223 g/mol. The first-order chi connectivity index (χ1) is 7.81. The third-order valence-corrected chi connectivity index (χ3v) is 3.29. The van der Waals surface area contributed by atoms with Gasteiger partial charge in [0, 0.05) is 25.6 Å². The van der Waals surface area contributed by atoms with Gasteiger partial charge in [0.2, 0.25) is 0 Å². The van der Waals surface area contributed by atoms with Crippen molar-refractivity contribution in [2.45, 2.75) is 32.6 Å². The summed E-state index contributed by atoms with van der Waals surface area (Å²) in [5.41, 5.74) is 1.47. The molecule has 1 aliphatic heterocycles. The lowest BCUT2D eigenvalue weighted by molar-refractivity contribution is 0.185. The Labute approximate surface area is 99.7 Å². The SMILES string of the molecule is C=CCN1CC=C(CCCCC)C(CO)C1. The molecule has 1 aliphatic rings. The minimum atomic E-state index is 0.283. The van der Waals surface area contributed by atoms with Gasteiger partial charge in [-0.2, -0.15) is 0 Å². The molecule has 2 nitrogen and oxygen atoms in total. The lowest BCUT2D eigenvalue weighted by Gasteiger charge is -2.31. The van der Waals surface area contributed by atoms with Gasteiger partial charge in [-0.25, -0.2) is 0 Å². The van der Waals surface area contributed by atoms with Crippen molar-refractivity contribution in [3.05, 3.63) is 24.3 Å². The second kappa shape index (κ2) is 7.64. The Morgan fingerprint density at radius 2 is 2.38 bits per heavy atom. The molecule has 1 atom stereocenters. The van der Waals surface area contributed by atoms with Crippen molar-refractivity contribution in [1.29, 1.82) is 0 Å². The number of hydrogen-bond donors (Lipinski definition) is 1. The number of aliphatic hydroxyl groups is 1. The van der Waals surface area contributed by atoms with Crippen molar-refractivity contribution >= 4 is 0 Å². The molecular weight excluding hydrogens is 198 g/mol. The summed E-state index contributed by atoms with van der Waals surface area (Å²) in [5.74, 6) is 0.352. The van der Waals surface area contributed by atoms with Crippen LogP contribution in [0, 0.1) is 5.92 Å². The first kappa shape index (κ1) is 13.5. The van der Waals surface area contributed by atoms with Crippen LogP contribution >= 0.6 is 0 Å². The fourth-order valence-corrected chi connectivity index (χ4v) is 2.31. The summed E-state index contributed by atoms with van der Waals surface area (Å²) in [5, 5.41) is 9.41. The smallest absolute Gasteiger partial charge is 0.0508 e. The molecule has 0 aromatic carbocycles. The zero-order valence-electron chi connectivity index (χ0n) is 10.5. The quantitative estimate of drug-likeness (QED) is 0.530. The van der Waals surface area contributed by atoms with E-state index in [9.17, 15) is 5.11 Å². The van der Waals surface area contributed by atoms with E-state index >= 15 is 0 Å². The summed E-state index contributed by atoms with van der Waals surface area (Å²) < 4.78 is 0. The third-order valence-electron chi connectivity index (χ3n) is 3.29. The summed E-state index contributed by atoms with van der Waals surface area (Å²) in [7, 11) is 0. The predicted octanol–water partition coefficient (Wildman–Crippen LogP) is 2.60. The zero-order chi connectivity index (χ0) is 11.8. The van der Waals surface area contributed by atoms with Gasteiger partial charge >= 0.3 is 0 Å². The van der Waals surface area contributed by atoms with Crippen LogP contribution in [0.15, 0.2) is 24.3 Å². The molecule has 1 unspecified atom stereocenters. The Balaban J connectivity index is 2.45. The molecular formula is C14H25NO. The lowest BCUT2D eigenvalue weighted by atomic mass is 9.91. The Kier molecular flexibility index (Phi) is 6.43. The maximum absolute atomic E-state index is 9.41. The Morgan fingerprint density at radius 3 is 3.00 bits per heavy atom. The third kappa shape index (κ3) is 4.11. The fraction of sp³-hybridized carbons (Fsp3) is 0.714.